The van der Waals surface area contributed by atoms with Gasteiger partial charge in [-0.3, -0.25) is 14.5 Å². The predicted octanol–water partition coefficient (Wildman–Crippen LogP) is 3.23. The van der Waals surface area contributed by atoms with E-state index in [0.29, 0.717) is 30.5 Å². The number of likely N-dealkylation sites (tertiary alicyclic amines) is 1. The smallest absolute Gasteiger partial charge is 0.257 e. The molecule has 1 aromatic carbocycles. The monoisotopic (exact) mass is 467 g/mol. The first kappa shape index (κ1) is 24.5. The molecule has 0 N–H and O–H groups in total. The summed E-state index contributed by atoms with van der Waals surface area (Å²) in [6.07, 6.45) is 4.15. The molecule has 7 heteroatoms. The van der Waals surface area contributed by atoms with Crippen molar-refractivity contribution in [1.29, 1.82) is 0 Å². The van der Waals surface area contributed by atoms with E-state index in [1.165, 1.54) is 5.56 Å². The van der Waals surface area contributed by atoms with Crippen molar-refractivity contribution in [3.8, 4) is 0 Å². The van der Waals surface area contributed by atoms with E-state index in [9.17, 15) is 9.59 Å². The van der Waals surface area contributed by atoms with Crippen molar-refractivity contribution < 1.29 is 18.7 Å². The van der Waals surface area contributed by atoms with Gasteiger partial charge in [-0.2, -0.15) is 0 Å². The Kier molecular flexibility index (Phi) is 8.06. The highest BCUT2D eigenvalue weighted by Gasteiger charge is 2.35. The number of piperidine rings is 1. The maximum Gasteiger partial charge on any atom is 0.257 e. The van der Waals surface area contributed by atoms with Gasteiger partial charge in [-0.25, -0.2) is 0 Å². The molecule has 0 aliphatic carbocycles. The number of carbonyl (C=O) groups is 2. The lowest BCUT2D eigenvalue weighted by Crippen LogP contribution is -2.54. The van der Waals surface area contributed by atoms with Crippen LogP contribution in [0.3, 0.4) is 0 Å². The molecule has 0 unspecified atom stereocenters. The number of likely N-dealkylation sites (N-methyl/N-ethyl adjacent to an activating group) is 1. The summed E-state index contributed by atoms with van der Waals surface area (Å²) in [6, 6.07) is 12.0. The number of ether oxygens (including phenoxy) is 1. The van der Waals surface area contributed by atoms with Crippen LogP contribution in [0.4, 0.5) is 0 Å². The van der Waals surface area contributed by atoms with Crippen molar-refractivity contribution in [2.45, 2.75) is 45.2 Å². The van der Waals surface area contributed by atoms with Gasteiger partial charge in [0.2, 0.25) is 5.91 Å². The van der Waals surface area contributed by atoms with Crippen LogP contribution in [0, 0.1) is 12.8 Å². The lowest BCUT2D eigenvalue weighted by Gasteiger charge is -2.42. The van der Waals surface area contributed by atoms with Gasteiger partial charge in [-0.1, -0.05) is 30.3 Å². The molecular formula is C27H37N3O4. The number of rotatable bonds is 7. The van der Waals surface area contributed by atoms with E-state index in [4.69, 9.17) is 9.15 Å². The lowest BCUT2D eigenvalue weighted by atomic mass is 9.84. The number of hydrogen-bond acceptors (Lipinski definition) is 5. The third kappa shape index (κ3) is 5.53. The van der Waals surface area contributed by atoms with E-state index >= 15 is 0 Å². The molecule has 7 nitrogen and oxygen atoms in total. The van der Waals surface area contributed by atoms with E-state index in [0.717, 1.165) is 45.4 Å². The SMILES string of the molecule is Cc1occc1C(=O)N(C)[C@H](Cc1ccccc1)C1CCN(C(=O)[C@@H](C)N2CCOCC2)CC1. The Morgan fingerprint density at radius 2 is 1.74 bits per heavy atom. The van der Waals surface area contributed by atoms with E-state index < -0.39 is 0 Å². The Morgan fingerprint density at radius 3 is 2.35 bits per heavy atom. The summed E-state index contributed by atoms with van der Waals surface area (Å²) >= 11 is 0. The summed E-state index contributed by atoms with van der Waals surface area (Å²) in [7, 11) is 1.90. The minimum atomic E-state index is -0.117. The fourth-order valence-electron chi connectivity index (χ4n) is 5.31. The molecule has 0 bridgehead atoms. The summed E-state index contributed by atoms with van der Waals surface area (Å²) in [5.41, 5.74) is 1.84. The molecule has 184 valence electrons. The van der Waals surface area contributed by atoms with Gasteiger partial charge in [0.05, 0.1) is 31.1 Å². The van der Waals surface area contributed by atoms with Gasteiger partial charge < -0.3 is 19.0 Å². The topological polar surface area (TPSA) is 66.2 Å². The molecule has 34 heavy (non-hydrogen) atoms. The molecule has 2 fully saturated rings. The number of furan rings is 1. The summed E-state index contributed by atoms with van der Waals surface area (Å²) in [5, 5.41) is 0. The first-order chi connectivity index (χ1) is 16.5. The first-order valence-corrected chi connectivity index (χ1v) is 12.4. The van der Waals surface area contributed by atoms with Crippen LogP contribution in [0.25, 0.3) is 0 Å². The Bertz CT molecular complexity index is 946. The number of nitrogens with zero attached hydrogens (tertiary/aromatic N) is 3. The molecule has 3 heterocycles. The van der Waals surface area contributed by atoms with Crippen LogP contribution in [0.5, 0.6) is 0 Å². The second-order valence-corrected chi connectivity index (χ2v) is 9.55. The van der Waals surface area contributed by atoms with E-state index in [1.54, 1.807) is 12.3 Å². The van der Waals surface area contributed by atoms with Crippen LogP contribution >= 0.6 is 0 Å². The Hall–Kier alpha value is -2.64. The normalized spacial score (nSPS) is 19.6. The van der Waals surface area contributed by atoms with Crippen molar-refractivity contribution in [2.75, 3.05) is 46.4 Å². The van der Waals surface area contributed by atoms with Gasteiger partial charge in [-0.15, -0.1) is 0 Å². The molecule has 0 radical (unpaired) electrons. The van der Waals surface area contributed by atoms with Crippen molar-refractivity contribution in [1.82, 2.24) is 14.7 Å². The van der Waals surface area contributed by atoms with Crippen molar-refractivity contribution >= 4 is 11.8 Å². The molecule has 2 aliphatic rings. The molecule has 2 amide bonds. The molecule has 2 saturated heterocycles. The minimum Gasteiger partial charge on any atom is -0.469 e. The summed E-state index contributed by atoms with van der Waals surface area (Å²) < 4.78 is 10.8. The van der Waals surface area contributed by atoms with Crippen LogP contribution in [0.1, 0.15) is 41.4 Å². The summed E-state index contributed by atoms with van der Waals surface area (Å²) in [5.74, 6) is 1.17. The maximum atomic E-state index is 13.3. The van der Waals surface area contributed by atoms with Crippen LogP contribution in [-0.4, -0.2) is 85.0 Å². The van der Waals surface area contributed by atoms with Crippen LogP contribution in [-0.2, 0) is 16.0 Å². The Labute approximate surface area is 202 Å². The molecule has 2 atom stereocenters. The highest BCUT2D eigenvalue weighted by atomic mass is 16.5. The van der Waals surface area contributed by atoms with E-state index in [1.807, 2.05) is 48.9 Å². The lowest BCUT2D eigenvalue weighted by molar-refractivity contribution is -0.139. The van der Waals surface area contributed by atoms with Gasteiger partial charge in [0.25, 0.3) is 5.91 Å². The largest absolute Gasteiger partial charge is 0.469 e. The third-order valence-electron chi connectivity index (χ3n) is 7.54. The second kappa shape index (κ2) is 11.2. The molecule has 1 aromatic heterocycles. The van der Waals surface area contributed by atoms with Crippen LogP contribution in [0.2, 0.25) is 0 Å². The molecule has 2 aromatic rings. The van der Waals surface area contributed by atoms with Crippen LogP contribution < -0.4 is 0 Å². The molecular weight excluding hydrogens is 430 g/mol. The zero-order valence-electron chi connectivity index (χ0n) is 20.6. The van der Waals surface area contributed by atoms with Crippen molar-refractivity contribution in [3.05, 3.63) is 59.5 Å². The predicted molar refractivity (Wildman–Crippen MR) is 131 cm³/mol. The van der Waals surface area contributed by atoms with Gasteiger partial charge in [0.15, 0.2) is 0 Å². The highest BCUT2D eigenvalue weighted by Crippen LogP contribution is 2.28. The first-order valence-electron chi connectivity index (χ1n) is 12.4. The van der Waals surface area contributed by atoms with E-state index in [2.05, 4.69) is 17.0 Å². The number of hydrogen-bond donors (Lipinski definition) is 0. The highest BCUT2D eigenvalue weighted by molar-refractivity contribution is 5.95. The van der Waals surface area contributed by atoms with Crippen LogP contribution in [0.15, 0.2) is 47.1 Å². The van der Waals surface area contributed by atoms with Crippen molar-refractivity contribution in [3.63, 3.8) is 0 Å². The fraction of sp³-hybridized carbons (Fsp3) is 0.556. The van der Waals surface area contributed by atoms with Gasteiger partial charge in [0, 0.05) is 39.3 Å². The molecule has 4 rings (SSSR count). The number of amides is 2. The number of benzene rings is 1. The number of aryl methyl sites for hydroxylation is 1. The molecule has 0 spiro atoms. The average Bonchev–Trinajstić information content (AvgIpc) is 3.32. The Balaban J connectivity index is 1.44. The summed E-state index contributed by atoms with van der Waals surface area (Å²) in [6.45, 7) is 8.30. The van der Waals surface area contributed by atoms with Crippen molar-refractivity contribution in [2.24, 2.45) is 5.92 Å². The van der Waals surface area contributed by atoms with Gasteiger partial charge >= 0.3 is 0 Å². The van der Waals surface area contributed by atoms with E-state index in [-0.39, 0.29) is 23.9 Å². The Morgan fingerprint density at radius 1 is 1.06 bits per heavy atom. The average molecular weight is 468 g/mol. The zero-order chi connectivity index (χ0) is 24.1. The minimum absolute atomic E-state index is 0.00775. The fourth-order valence-corrected chi connectivity index (χ4v) is 5.31. The molecule has 2 aliphatic heterocycles. The van der Waals surface area contributed by atoms with Gasteiger partial charge in [0.1, 0.15) is 5.76 Å². The molecule has 0 saturated carbocycles. The number of carbonyl (C=O) groups excluding carboxylic acids is 2. The quantitative estimate of drug-likeness (QED) is 0.626. The standard InChI is InChI=1S/C27H37N3O4/c1-20(29-14-17-33-18-15-29)26(31)30-12-9-23(10-13-30)25(19-22-7-5-4-6-8-22)28(3)27(32)24-11-16-34-21(24)2/h4-8,11,16,20,23,25H,9-10,12-15,17-19H2,1-3H3/t20-,25-/m1/s1. The van der Waals surface area contributed by atoms with Gasteiger partial charge in [-0.05, 0) is 50.7 Å². The maximum absolute atomic E-state index is 13.3. The third-order valence-corrected chi connectivity index (χ3v) is 7.54. The zero-order valence-corrected chi connectivity index (χ0v) is 20.6. The number of morpholine rings is 1. The summed E-state index contributed by atoms with van der Waals surface area (Å²) in [4.78, 5) is 32.6. The second-order valence-electron chi connectivity index (χ2n) is 9.55.